The highest BCUT2D eigenvalue weighted by atomic mass is 16.5. The van der Waals surface area contributed by atoms with Crippen LogP contribution in [0.4, 0.5) is 0 Å². The van der Waals surface area contributed by atoms with Gasteiger partial charge in [-0.3, -0.25) is 9.69 Å². The van der Waals surface area contributed by atoms with Crippen LogP contribution in [-0.4, -0.2) is 55.6 Å². The van der Waals surface area contributed by atoms with Crippen LogP contribution in [0.5, 0.6) is 11.5 Å². The predicted octanol–water partition coefficient (Wildman–Crippen LogP) is 2.01. The number of amides is 1. The van der Waals surface area contributed by atoms with Crippen molar-refractivity contribution in [1.82, 2.24) is 9.80 Å². The topological polar surface area (TPSA) is 55.2 Å². The van der Waals surface area contributed by atoms with E-state index in [1.165, 1.54) is 0 Å². The number of piperazine rings is 1. The van der Waals surface area contributed by atoms with Gasteiger partial charge in [-0.05, 0) is 24.3 Å². The second-order valence-electron chi connectivity index (χ2n) is 5.68. The number of carbonyl (C=O) groups excluding carboxylic acids is 1. The molecule has 0 unspecified atom stereocenters. The Balaban J connectivity index is 1.45. The maximum Gasteiger partial charge on any atom is 0.260 e. The van der Waals surface area contributed by atoms with Gasteiger partial charge in [-0.1, -0.05) is 12.1 Å². The lowest BCUT2D eigenvalue weighted by Gasteiger charge is -2.34. The zero-order valence-electron chi connectivity index (χ0n) is 13.8. The number of ether oxygens (including phenoxy) is 2. The normalized spacial score (nSPS) is 15.3. The third-order valence-electron chi connectivity index (χ3n) is 4.10. The van der Waals surface area contributed by atoms with Gasteiger partial charge in [0.15, 0.2) is 18.1 Å². The molecule has 0 aliphatic carbocycles. The summed E-state index contributed by atoms with van der Waals surface area (Å²) in [7, 11) is 1.59. The summed E-state index contributed by atoms with van der Waals surface area (Å²) in [5, 5.41) is 0. The molecule has 24 heavy (non-hydrogen) atoms. The number of hydrogen-bond acceptors (Lipinski definition) is 5. The van der Waals surface area contributed by atoms with Crippen LogP contribution in [0, 0.1) is 0 Å². The highest BCUT2D eigenvalue weighted by Crippen LogP contribution is 2.25. The first-order valence-corrected chi connectivity index (χ1v) is 8.04. The Labute approximate surface area is 141 Å². The number of nitrogens with zero attached hydrogens (tertiary/aromatic N) is 2. The molecule has 128 valence electrons. The van der Waals surface area contributed by atoms with Gasteiger partial charge >= 0.3 is 0 Å². The summed E-state index contributed by atoms with van der Waals surface area (Å²) in [5.41, 5.74) is 0. The third-order valence-corrected chi connectivity index (χ3v) is 4.10. The molecule has 0 atom stereocenters. The molecule has 1 aromatic carbocycles. The first kappa shape index (κ1) is 16.4. The maximum atomic E-state index is 12.3. The van der Waals surface area contributed by atoms with Crippen molar-refractivity contribution in [3.63, 3.8) is 0 Å². The zero-order valence-corrected chi connectivity index (χ0v) is 13.8. The Morgan fingerprint density at radius 3 is 2.50 bits per heavy atom. The molecule has 1 fully saturated rings. The molecule has 2 heterocycles. The van der Waals surface area contributed by atoms with Crippen LogP contribution in [0.15, 0.2) is 47.1 Å². The van der Waals surface area contributed by atoms with Crippen LogP contribution >= 0.6 is 0 Å². The Kier molecular flexibility index (Phi) is 5.38. The summed E-state index contributed by atoms with van der Waals surface area (Å²) in [5.74, 6) is 2.17. The van der Waals surface area contributed by atoms with E-state index in [1.54, 1.807) is 19.4 Å². The molecule has 0 saturated carbocycles. The number of methoxy groups -OCH3 is 1. The van der Waals surface area contributed by atoms with Crippen molar-refractivity contribution in [3.8, 4) is 11.5 Å². The van der Waals surface area contributed by atoms with E-state index in [-0.39, 0.29) is 12.5 Å². The summed E-state index contributed by atoms with van der Waals surface area (Å²) < 4.78 is 16.2. The SMILES string of the molecule is COc1ccccc1OCC(=O)N1CCN(Cc2ccco2)CC1. The van der Waals surface area contributed by atoms with Gasteiger partial charge in [0.25, 0.3) is 5.91 Å². The van der Waals surface area contributed by atoms with E-state index in [0.717, 1.165) is 25.4 Å². The molecule has 0 spiro atoms. The number of hydrogen-bond donors (Lipinski definition) is 0. The average molecular weight is 330 g/mol. The third kappa shape index (κ3) is 4.08. The minimum absolute atomic E-state index is 0.00134. The molecular weight excluding hydrogens is 308 g/mol. The van der Waals surface area contributed by atoms with Gasteiger partial charge in [0.1, 0.15) is 5.76 Å². The zero-order chi connectivity index (χ0) is 16.8. The number of benzene rings is 1. The van der Waals surface area contributed by atoms with Crippen LogP contribution in [0.25, 0.3) is 0 Å². The first-order valence-electron chi connectivity index (χ1n) is 8.04. The van der Waals surface area contributed by atoms with E-state index in [0.29, 0.717) is 24.6 Å². The van der Waals surface area contributed by atoms with Gasteiger partial charge in [-0.2, -0.15) is 0 Å². The molecule has 1 saturated heterocycles. The van der Waals surface area contributed by atoms with Crippen LogP contribution in [0.3, 0.4) is 0 Å². The first-order chi connectivity index (χ1) is 11.8. The molecule has 6 heteroatoms. The summed E-state index contributed by atoms with van der Waals surface area (Å²) in [6, 6.07) is 11.2. The minimum Gasteiger partial charge on any atom is -0.493 e. The van der Waals surface area contributed by atoms with E-state index < -0.39 is 0 Å². The second kappa shape index (κ2) is 7.88. The Morgan fingerprint density at radius 2 is 1.83 bits per heavy atom. The minimum atomic E-state index is -0.00134. The molecule has 1 aliphatic heterocycles. The molecule has 6 nitrogen and oxygen atoms in total. The fraction of sp³-hybridized carbons (Fsp3) is 0.389. The van der Waals surface area contributed by atoms with Crippen molar-refractivity contribution >= 4 is 5.91 Å². The van der Waals surface area contributed by atoms with Gasteiger partial charge in [-0.25, -0.2) is 0 Å². The molecule has 1 amide bonds. The van der Waals surface area contributed by atoms with Gasteiger partial charge < -0.3 is 18.8 Å². The van der Waals surface area contributed by atoms with Crippen LogP contribution in [0.1, 0.15) is 5.76 Å². The number of para-hydroxylation sites is 2. The van der Waals surface area contributed by atoms with Crippen molar-refractivity contribution in [2.75, 3.05) is 39.9 Å². The summed E-state index contributed by atoms with van der Waals surface area (Å²) >= 11 is 0. The van der Waals surface area contributed by atoms with Gasteiger partial charge in [-0.15, -0.1) is 0 Å². The fourth-order valence-electron chi connectivity index (χ4n) is 2.75. The predicted molar refractivity (Wildman–Crippen MR) is 89.1 cm³/mol. The molecular formula is C18H22N2O4. The maximum absolute atomic E-state index is 12.3. The van der Waals surface area contributed by atoms with E-state index >= 15 is 0 Å². The smallest absolute Gasteiger partial charge is 0.260 e. The van der Waals surface area contributed by atoms with Crippen LogP contribution in [0.2, 0.25) is 0 Å². The largest absolute Gasteiger partial charge is 0.493 e. The Hall–Kier alpha value is -2.47. The number of rotatable bonds is 6. The van der Waals surface area contributed by atoms with Crippen LogP contribution in [-0.2, 0) is 11.3 Å². The molecule has 0 radical (unpaired) electrons. The van der Waals surface area contributed by atoms with E-state index in [9.17, 15) is 4.79 Å². The molecule has 2 aromatic rings. The molecule has 0 N–H and O–H groups in total. The molecule has 1 aliphatic rings. The van der Waals surface area contributed by atoms with E-state index in [1.807, 2.05) is 35.2 Å². The molecule has 3 rings (SSSR count). The van der Waals surface area contributed by atoms with Crippen molar-refractivity contribution in [3.05, 3.63) is 48.4 Å². The average Bonchev–Trinajstić information content (AvgIpc) is 3.13. The lowest BCUT2D eigenvalue weighted by molar-refractivity contribution is -0.135. The van der Waals surface area contributed by atoms with Crippen molar-refractivity contribution in [1.29, 1.82) is 0 Å². The second-order valence-corrected chi connectivity index (χ2v) is 5.68. The standard InChI is InChI=1S/C18H22N2O4/c1-22-16-6-2-3-7-17(16)24-14-18(21)20-10-8-19(9-11-20)13-15-5-4-12-23-15/h2-7,12H,8-11,13-14H2,1H3. The van der Waals surface area contributed by atoms with Gasteiger partial charge in [0, 0.05) is 26.2 Å². The fourth-order valence-corrected chi connectivity index (χ4v) is 2.75. The highest BCUT2D eigenvalue weighted by Gasteiger charge is 2.22. The van der Waals surface area contributed by atoms with Crippen LogP contribution < -0.4 is 9.47 Å². The Bertz CT molecular complexity index is 649. The van der Waals surface area contributed by atoms with Gasteiger partial charge in [0.05, 0.1) is 19.9 Å². The lowest BCUT2D eigenvalue weighted by atomic mass is 10.3. The lowest BCUT2D eigenvalue weighted by Crippen LogP contribution is -2.49. The highest BCUT2D eigenvalue weighted by molar-refractivity contribution is 5.78. The van der Waals surface area contributed by atoms with Crippen molar-refractivity contribution in [2.24, 2.45) is 0 Å². The monoisotopic (exact) mass is 330 g/mol. The van der Waals surface area contributed by atoms with Gasteiger partial charge in [0.2, 0.25) is 0 Å². The molecule has 1 aromatic heterocycles. The van der Waals surface area contributed by atoms with E-state index in [4.69, 9.17) is 13.9 Å². The molecule has 0 bridgehead atoms. The van der Waals surface area contributed by atoms with Crippen molar-refractivity contribution < 1.29 is 18.7 Å². The number of furan rings is 1. The van der Waals surface area contributed by atoms with Crippen molar-refractivity contribution in [2.45, 2.75) is 6.54 Å². The summed E-state index contributed by atoms with van der Waals surface area (Å²) in [4.78, 5) is 16.4. The van der Waals surface area contributed by atoms with E-state index in [2.05, 4.69) is 4.90 Å². The summed E-state index contributed by atoms with van der Waals surface area (Å²) in [6.07, 6.45) is 1.68. The summed E-state index contributed by atoms with van der Waals surface area (Å²) in [6.45, 7) is 3.89. The number of carbonyl (C=O) groups is 1. The quantitative estimate of drug-likeness (QED) is 0.811. The Morgan fingerprint density at radius 1 is 1.08 bits per heavy atom.